The van der Waals surface area contributed by atoms with Crippen molar-refractivity contribution in [3.05, 3.63) is 72.5 Å². The van der Waals surface area contributed by atoms with E-state index in [-0.39, 0.29) is 14.9 Å². The number of halogens is 4. The van der Waals surface area contributed by atoms with Gasteiger partial charge in [-0.2, -0.15) is 0 Å². The van der Waals surface area contributed by atoms with Crippen molar-refractivity contribution >= 4 is 37.2 Å². The van der Waals surface area contributed by atoms with Gasteiger partial charge in [-0.05, 0) is 68.1 Å². The second-order valence-corrected chi connectivity index (χ2v) is 11.6. The summed E-state index contributed by atoms with van der Waals surface area (Å²) in [7, 11) is 21.6. The summed E-state index contributed by atoms with van der Waals surface area (Å²) < 4.78 is 0. The molecule has 30 heavy (non-hydrogen) atoms. The molecule has 0 heterocycles. The van der Waals surface area contributed by atoms with Gasteiger partial charge in [0.15, 0.2) is 0 Å². The molecular weight excluding hydrogens is 536 g/mol. The quantitative estimate of drug-likeness (QED) is 0.296. The molecule has 2 aromatic rings. The minimum absolute atomic E-state index is 0. The number of nitrogens with zero attached hydrogens (tertiary/aromatic N) is 1. The Morgan fingerprint density at radius 1 is 0.667 bits per heavy atom. The molecular formula is C21H31Cl4NO2Ti2-2. The van der Waals surface area contributed by atoms with E-state index in [4.69, 9.17) is 37.2 Å². The molecule has 0 radical (unpaired) electrons. The molecule has 0 aliphatic carbocycles. The minimum atomic E-state index is -0.556. The van der Waals surface area contributed by atoms with Crippen LogP contribution in [0.3, 0.4) is 0 Å². The Hall–Kier alpha value is 0.589. The van der Waals surface area contributed by atoms with E-state index in [0.29, 0.717) is 11.5 Å². The summed E-state index contributed by atoms with van der Waals surface area (Å²) in [5, 5.41) is 19.7. The van der Waals surface area contributed by atoms with Crippen LogP contribution in [0.4, 0.5) is 0 Å². The number of aryl methyl sites for hydroxylation is 4. The number of aromatic hydroxyl groups is 2. The Balaban J connectivity index is -0.000000816. The average molecular weight is 567 g/mol. The Kier molecular flexibility index (Phi) is 22.4. The zero-order valence-electron chi connectivity index (χ0n) is 18.6. The van der Waals surface area contributed by atoms with Crippen LogP contribution in [0.2, 0.25) is 0 Å². The van der Waals surface area contributed by atoms with Crippen molar-refractivity contribution in [2.75, 3.05) is 7.05 Å². The van der Waals surface area contributed by atoms with Crippen molar-refractivity contribution in [3.63, 3.8) is 0 Å². The van der Waals surface area contributed by atoms with E-state index in [9.17, 15) is 10.2 Å². The molecule has 0 spiro atoms. The van der Waals surface area contributed by atoms with E-state index in [2.05, 4.69) is 11.9 Å². The molecule has 2 aromatic carbocycles. The van der Waals surface area contributed by atoms with Gasteiger partial charge in [0.2, 0.25) is 0 Å². The van der Waals surface area contributed by atoms with Crippen LogP contribution in [-0.2, 0) is 47.2 Å². The van der Waals surface area contributed by atoms with Crippen LogP contribution >= 0.6 is 37.2 Å². The summed E-state index contributed by atoms with van der Waals surface area (Å²) in [6.07, 6.45) is 0. The van der Waals surface area contributed by atoms with Gasteiger partial charge >= 0.3 is 71.3 Å². The summed E-state index contributed by atoms with van der Waals surface area (Å²) in [6.45, 7) is 9.36. The van der Waals surface area contributed by atoms with Crippen LogP contribution in [0.5, 0.6) is 11.5 Å². The van der Waals surface area contributed by atoms with Gasteiger partial charge in [-0.3, -0.25) is 4.90 Å². The molecule has 0 aromatic heterocycles. The first-order chi connectivity index (χ1) is 13.1. The number of phenols is 2. The first-order valence-corrected chi connectivity index (χ1v) is 16.9. The van der Waals surface area contributed by atoms with E-state index < -0.39 is 34.1 Å². The van der Waals surface area contributed by atoms with Gasteiger partial charge in [-0.15, -0.1) is 0 Å². The third-order valence-electron chi connectivity index (χ3n) is 4.01. The third kappa shape index (κ3) is 13.2. The van der Waals surface area contributed by atoms with E-state index >= 15 is 0 Å². The predicted molar refractivity (Wildman–Crippen MR) is 127 cm³/mol. The third-order valence-corrected chi connectivity index (χ3v) is 4.01. The normalized spacial score (nSPS) is 9.13. The van der Waals surface area contributed by atoms with Crippen LogP contribution in [0.15, 0.2) is 24.3 Å². The molecule has 0 amide bonds. The number of hydrogen-bond donors (Lipinski definition) is 2. The number of hydrogen-bond acceptors (Lipinski definition) is 3. The van der Waals surface area contributed by atoms with Gasteiger partial charge in [0.1, 0.15) is 11.5 Å². The fourth-order valence-corrected chi connectivity index (χ4v) is 2.95. The van der Waals surface area contributed by atoms with Crippen molar-refractivity contribution in [2.45, 2.75) is 40.8 Å². The van der Waals surface area contributed by atoms with Crippen molar-refractivity contribution in [2.24, 2.45) is 0 Å². The predicted octanol–water partition coefficient (Wildman–Crippen LogP) is 7.62. The SMILES string of the molecule is Cc1cc(CN(C)Cc2cc(C)c(O)c(C)c2)cc(C)c1O.[CH3-].[CH3-].[Cl][Ti][Cl].[Cl][Ti][Cl]. The first-order valence-electron chi connectivity index (χ1n) is 8.30. The summed E-state index contributed by atoms with van der Waals surface area (Å²) in [4.78, 5) is 2.23. The van der Waals surface area contributed by atoms with E-state index in [1.165, 1.54) is 11.1 Å². The molecule has 0 fully saturated rings. The molecule has 3 nitrogen and oxygen atoms in total. The Labute approximate surface area is 216 Å². The maximum atomic E-state index is 9.85. The van der Waals surface area contributed by atoms with Crippen LogP contribution in [0, 0.1) is 42.5 Å². The van der Waals surface area contributed by atoms with Crippen molar-refractivity contribution in [1.29, 1.82) is 0 Å². The number of benzene rings is 2. The standard InChI is InChI=1S/C19H25NO2.2CH3.4ClH.2Ti/c1-12-6-16(7-13(2)18(12)21)10-20(5)11-17-8-14(3)19(22)15(4)9-17;;;;;;;;/h6-9,21-22H,10-11H2,1-5H3;2*1H3;4*1H;;/q;2*-1;;;;;2*+2/p-4. The van der Waals surface area contributed by atoms with Gasteiger partial charge in [-0.25, -0.2) is 0 Å². The van der Waals surface area contributed by atoms with Gasteiger partial charge in [0.25, 0.3) is 0 Å². The number of rotatable bonds is 4. The molecule has 0 saturated carbocycles. The molecule has 0 aliphatic heterocycles. The van der Waals surface area contributed by atoms with Crippen LogP contribution in [-0.4, -0.2) is 22.2 Å². The Morgan fingerprint density at radius 3 is 1.07 bits per heavy atom. The Bertz CT molecular complexity index is 641. The van der Waals surface area contributed by atoms with E-state index in [1.54, 1.807) is 0 Å². The zero-order chi connectivity index (χ0) is 21.9. The fourth-order valence-electron chi connectivity index (χ4n) is 2.95. The molecule has 0 aliphatic rings. The van der Waals surface area contributed by atoms with Gasteiger partial charge in [0, 0.05) is 13.1 Å². The molecule has 170 valence electrons. The molecule has 0 bridgehead atoms. The molecule has 9 heteroatoms. The van der Waals surface area contributed by atoms with Crippen molar-refractivity contribution in [3.8, 4) is 11.5 Å². The molecule has 2 rings (SSSR count). The maximum absolute atomic E-state index is 9.85. The Morgan fingerprint density at radius 2 is 0.867 bits per heavy atom. The summed E-state index contributed by atoms with van der Waals surface area (Å²) >= 11 is -1.11. The zero-order valence-corrected chi connectivity index (χ0v) is 24.7. The topological polar surface area (TPSA) is 43.7 Å². The fraction of sp³-hybridized carbons (Fsp3) is 0.333. The average Bonchev–Trinajstić information content (AvgIpc) is 2.58. The van der Waals surface area contributed by atoms with Gasteiger partial charge < -0.3 is 25.1 Å². The van der Waals surface area contributed by atoms with Crippen LogP contribution in [0.1, 0.15) is 33.4 Å². The van der Waals surface area contributed by atoms with Gasteiger partial charge in [0.05, 0.1) is 0 Å². The molecule has 0 saturated heterocycles. The van der Waals surface area contributed by atoms with E-state index in [1.807, 2.05) is 52.0 Å². The van der Waals surface area contributed by atoms with Crippen molar-refractivity contribution in [1.82, 2.24) is 4.90 Å². The first kappa shape index (κ1) is 35.2. The summed E-state index contributed by atoms with van der Waals surface area (Å²) in [5.41, 5.74) is 6.06. The number of phenolic OH excluding ortho intramolecular Hbond substituents is 2. The van der Waals surface area contributed by atoms with E-state index in [0.717, 1.165) is 35.3 Å². The second-order valence-electron chi connectivity index (χ2n) is 6.47. The van der Waals surface area contributed by atoms with Crippen molar-refractivity contribution < 1.29 is 44.3 Å². The molecule has 0 atom stereocenters. The second kappa shape index (κ2) is 19.1. The molecule has 2 N–H and O–H groups in total. The monoisotopic (exact) mass is 565 g/mol. The van der Waals surface area contributed by atoms with Gasteiger partial charge in [-0.1, -0.05) is 24.3 Å². The summed E-state index contributed by atoms with van der Waals surface area (Å²) in [6, 6.07) is 8.14. The van der Waals surface area contributed by atoms with Crippen LogP contribution < -0.4 is 0 Å². The molecule has 0 unspecified atom stereocenters. The van der Waals surface area contributed by atoms with Crippen LogP contribution in [0.25, 0.3) is 0 Å². The summed E-state index contributed by atoms with van der Waals surface area (Å²) in [5.74, 6) is 0.771.